The Morgan fingerprint density at radius 3 is 2.36 bits per heavy atom. The van der Waals surface area contributed by atoms with Crippen LogP contribution in [0.1, 0.15) is 95.4 Å². The van der Waals surface area contributed by atoms with E-state index < -0.39 is 23.8 Å². The molecule has 0 bridgehead atoms. The highest BCUT2D eigenvalue weighted by molar-refractivity contribution is 7.80. The van der Waals surface area contributed by atoms with Crippen molar-refractivity contribution in [1.29, 1.82) is 0 Å². The van der Waals surface area contributed by atoms with E-state index in [9.17, 15) is 14.4 Å². The lowest BCUT2D eigenvalue weighted by atomic mass is 9.93. The zero-order chi connectivity index (χ0) is 26.9. The van der Waals surface area contributed by atoms with Crippen LogP contribution in [0.2, 0.25) is 0 Å². The molecule has 1 aromatic carbocycles. The maximum Gasteiger partial charge on any atom is 0.408 e. The normalized spacial score (nSPS) is 16.1. The van der Waals surface area contributed by atoms with Gasteiger partial charge in [-0.05, 0) is 65.0 Å². The van der Waals surface area contributed by atoms with Crippen LogP contribution in [0.15, 0.2) is 18.2 Å². The van der Waals surface area contributed by atoms with Crippen molar-refractivity contribution in [2.75, 3.05) is 12.3 Å². The van der Waals surface area contributed by atoms with Crippen LogP contribution in [0.3, 0.4) is 0 Å². The van der Waals surface area contributed by atoms with E-state index in [4.69, 9.17) is 4.74 Å². The molecule has 0 aliphatic heterocycles. The molecule has 0 spiro atoms. The Kier molecular flexibility index (Phi) is 11.6. The Morgan fingerprint density at radius 1 is 1.14 bits per heavy atom. The summed E-state index contributed by atoms with van der Waals surface area (Å²) >= 11 is 4.36. The summed E-state index contributed by atoms with van der Waals surface area (Å²) in [5, 5.41) is 5.91. The van der Waals surface area contributed by atoms with Gasteiger partial charge in [0.05, 0.1) is 0 Å². The predicted octanol–water partition coefficient (Wildman–Crippen LogP) is 5.25. The summed E-state index contributed by atoms with van der Waals surface area (Å²) in [4.78, 5) is 41.8. The Labute approximate surface area is 222 Å². The van der Waals surface area contributed by atoms with Crippen LogP contribution in [0.4, 0.5) is 4.79 Å². The van der Waals surface area contributed by atoms with Crippen molar-refractivity contribution in [3.63, 3.8) is 0 Å². The lowest BCUT2D eigenvalue weighted by molar-refractivity contribution is -0.142. The van der Waals surface area contributed by atoms with E-state index in [-0.39, 0.29) is 23.6 Å². The fourth-order valence-electron chi connectivity index (χ4n) is 4.64. The fraction of sp³-hybridized carbons (Fsp3) is 0.679. The van der Waals surface area contributed by atoms with Crippen molar-refractivity contribution in [3.8, 4) is 0 Å². The number of hydrogen-bond donors (Lipinski definition) is 3. The molecular weight excluding hydrogens is 474 g/mol. The highest BCUT2D eigenvalue weighted by Crippen LogP contribution is 2.28. The molecule has 2 atom stereocenters. The van der Waals surface area contributed by atoms with Crippen molar-refractivity contribution in [2.45, 2.75) is 110 Å². The molecule has 2 rings (SSSR count). The summed E-state index contributed by atoms with van der Waals surface area (Å²) in [5.41, 5.74) is 2.15. The number of carbonyl (C=O) groups excluding carboxylic acids is 3. The number of carbonyl (C=O) groups is 3. The quantitative estimate of drug-likeness (QED) is 0.369. The number of amides is 3. The van der Waals surface area contributed by atoms with E-state index in [1.807, 2.05) is 39.0 Å². The van der Waals surface area contributed by atoms with E-state index in [0.29, 0.717) is 6.54 Å². The molecule has 7 nitrogen and oxygen atoms in total. The number of benzene rings is 1. The SMILES string of the molecule is CCCCN(C(=O)C(CS)NC(=O)OC(C)(C)C)C(C(=O)NC1CCCCC1)c1ccc(C)cc1C. The highest BCUT2D eigenvalue weighted by atomic mass is 32.1. The molecule has 202 valence electrons. The van der Waals surface area contributed by atoms with Gasteiger partial charge in [0.2, 0.25) is 11.8 Å². The van der Waals surface area contributed by atoms with Crippen LogP contribution in [0.5, 0.6) is 0 Å². The molecule has 2 N–H and O–H groups in total. The second-order valence-electron chi connectivity index (χ2n) is 10.9. The minimum Gasteiger partial charge on any atom is -0.444 e. The average molecular weight is 520 g/mol. The number of ether oxygens (including phenoxy) is 1. The molecule has 8 heteroatoms. The monoisotopic (exact) mass is 519 g/mol. The van der Waals surface area contributed by atoms with E-state index in [1.165, 1.54) is 6.42 Å². The van der Waals surface area contributed by atoms with E-state index >= 15 is 0 Å². The summed E-state index contributed by atoms with van der Waals surface area (Å²) in [6, 6.07) is 4.35. The van der Waals surface area contributed by atoms with Gasteiger partial charge in [0, 0.05) is 18.3 Å². The molecule has 1 aliphatic carbocycles. The van der Waals surface area contributed by atoms with Crippen molar-refractivity contribution in [3.05, 3.63) is 34.9 Å². The highest BCUT2D eigenvalue weighted by Gasteiger charge is 2.37. The maximum atomic E-state index is 13.9. The van der Waals surface area contributed by atoms with Gasteiger partial charge in [-0.2, -0.15) is 12.6 Å². The Bertz CT molecular complexity index is 893. The van der Waals surface area contributed by atoms with E-state index in [2.05, 4.69) is 23.3 Å². The zero-order valence-corrected chi connectivity index (χ0v) is 23.7. The zero-order valence-electron chi connectivity index (χ0n) is 22.9. The van der Waals surface area contributed by atoms with Gasteiger partial charge in [-0.3, -0.25) is 9.59 Å². The molecular formula is C28H45N3O4S. The van der Waals surface area contributed by atoms with Crippen LogP contribution in [0, 0.1) is 13.8 Å². The number of thiol groups is 1. The smallest absolute Gasteiger partial charge is 0.408 e. The van der Waals surface area contributed by atoms with Crippen molar-refractivity contribution in [2.24, 2.45) is 0 Å². The van der Waals surface area contributed by atoms with Crippen molar-refractivity contribution < 1.29 is 19.1 Å². The largest absolute Gasteiger partial charge is 0.444 e. The second kappa shape index (κ2) is 13.9. The minimum absolute atomic E-state index is 0.0878. The first-order valence-corrected chi connectivity index (χ1v) is 13.9. The first-order chi connectivity index (χ1) is 17.0. The molecule has 0 saturated heterocycles. The summed E-state index contributed by atoms with van der Waals surface area (Å²) in [6.07, 6.45) is 6.20. The molecule has 1 saturated carbocycles. The second-order valence-corrected chi connectivity index (χ2v) is 11.2. The minimum atomic E-state index is -0.921. The first-order valence-electron chi connectivity index (χ1n) is 13.2. The summed E-state index contributed by atoms with van der Waals surface area (Å²) in [7, 11) is 0. The summed E-state index contributed by atoms with van der Waals surface area (Å²) < 4.78 is 5.37. The number of alkyl carbamates (subject to hydrolysis) is 1. The third-order valence-electron chi connectivity index (χ3n) is 6.44. The van der Waals surface area contributed by atoms with Crippen molar-refractivity contribution >= 4 is 30.5 Å². The molecule has 1 aliphatic rings. The lowest BCUT2D eigenvalue weighted by Gasteiger charge is -2.36. The number of nitrogens with one attached hydrogen (secondary N) is 2. The van der Waals surface area contributed by atoms with Crippen molar-refractivity contribution in [1.82, 2.24) is 15.5 Å². The average Bonchev–Trinajstić information content (AvgIpc) is 2.80. The van der Waals surface area contributed by atoms with Gasteiger partial charge in [-0.25, -0.2) is 4.79 Å². The molecule has 36 heavy (non-hydrogen) atoms. The van der Waals surface area contributed by atoms with Gasteiger partial charge in [-0.1, -0.05) is 56.4 Å². The van der Waals surface area contributed by atoms with Crippen LogP contribution < -0.4 is 10.6 Å². The molecule has 2 unspecified atom stereocenters. The molecule has 0 radical (unpaired) electrons. The topological polar surface area (TPSA) is 87.7 Å². The fourth-order valence-corrected chi connectivity index (χ4v) is 4.89. The van der Waals surface area contributed by atoms with E-state index in [0.717, 1.165) is 55.2 Å². The van der Waals surface area contributed by atoms with Gasteiger partial charge in [0.15, 0.2) is 0 Å². The molecule has 0 aromatic heterocycles. The van der Waals surface area contributed by atoms with Gasteiger partial charge >= 0.3 is 6.09 Å². The van der Waals surface area contributed by atoms with Crippen LogP contribution in [-0.2, 0) is 14.3 Å². The summed E-state index contributed by atoms with van der Waals surface area (Å²) in [6.45, 7) is 11.7. The number of nitrogens with zero attached hydrogens (tertiary/aromatic N) is 1. The Morgan fingerprint density at radius 2 is 1.81 bits per heavy atom. The Hall–Kier alpha value is -2.22. The number of aryl methyl sites for hydroxylation is 2. The predicted molar refractivity (Wildman–Crippen MR) is 147 cm³/mol. The van der Waals surface area contributed by atoms with Crippen LogP contribution >= 0.6 is 12.6 Å². The van der Waals surface area contributed by atoms with Crippen LogP contribution in [-0.4, -0.2) is 52.8 Å². The number of unbranched alkanes of at least 4 members (excludes halogenated alkanes) is 1. The molecule has 0 heterocycles. The van der Waals surface area contributed by atoms with Crippen LogP contribution in [0.25, 0.3) is 0 Å². The van der Waals surface area contributed by atoms with Gasteiger partial charge < -0.3 is 20.3 Å². The number of rotatable bonds is 10. The third-order valence-corrected chi connectivity index (χ3v) is 6.80. The molecule has 1 aromatic rings. The molecule has 3 amide bonds. The summed E-state index contributed by atoms with van der Waals surface area (Å²) in [5.74, 6) is -0.425. The number of hydrogen-bond acceptors (Lipinski definition) is 5. The van der Waals surface area contributed by atoms with E-state index in [1.54, 1.807) is 25.7 Å². The van der Waals surface area contributed by atoms with Gasteiger partial charge in [0.25, 0.3) is 0 Å². The van der Waals surface area contributed by atoms with Gasteiger partial charge in [0.1, 0.15) is 17.7 Å². The Balaban J connectivity index is 2.43. The lowest BCUT2D eigenvalue weighted by Crippen LogP contribution is -2.54. The standard InChI is InChI=1S/C28H45N3O4S/c1-7-8-16-31(26(33)23(18-36)30-27(34)35-28(4,5)6)24(22-15-14-19(2)17-20(22)3)25(32)29-21-12-10-9-11-13-21/h14-15,17,21,23-24,36H,7-13,16,18H2,1-6H3,(H,29,32)(H,30,34). The first kappa shape index (κ1) is 30.0. The third kappa shape index (κ3) is 9.02. The van der Waals surface area contributed by atoms with Gasteiger partial charge in [-0.15, -0.1) is 0 Å². The molecule has 1 fully saturated rings. The maximum absolute atomic E-state index is 13.9.